The first-order chi connectivity index (χ1) is 7.23. The van der Waals surface area contributed by atoms with Gasteiger partial charge >= 0.3 is 0 Å². The molecule has 1 heterocycles. The van der Waals surface area contributed by atoms with E-state index in [9.17, 15) is 4.79 Å². The summed E-state index contributed by atoms with van der Waals surface area (Å²) in [7, 11) is 0. The van der Waals surface area contributed by atoms with E-state index >= 15 is 0 Å². The molecule has 0 saturated heterocycles. The van der Waals surface area contributed by atoms with Gasteiger partial charge < -0.3 is 9.53 Å². The summed E-state index contributed by atoms with van der Waals surface area (Å²) < 4.78 is 5.64. The normalized spacial score (nSPS) is 25.5. The lowest BCUT2D eigenvalue weighted by atomic mass is 9.95. The molecule has 1 aromatic rings. The lowest BCUT2D eigenvalue weighted by Gasteiger charge is -2.08. The van der Waals surface area contributed by atoms with E-state index in [1.807, 2.05) is 12.1 Å². The summed E-state index contributed by atoms with van der Waals surface area (Å²) in [6.45, 7) is 2.08. The number of carbonyl (C=O) groups excluding carboxylic acids is 1. The van der Waals surface area contributed by atoms with Crippen molar-refractivity contribution < 1.29 is 9.53 Å². The number of carbonyl (C=O) groups is 1. The van der Waals surface area contributed by atoms with Gasteiger partial charge in [-0.1, -0.05) is 12.1 Å². The second-order valence-electron chi connectivity index (χ2n) is 4.73. The monoisotopic (exact) mass is 202 g/mol. The van der Waals surface area contributed by atoms with Gasteiger partial charge in [-0.15, -0.1) is 0 Å². The van der Waals surface area contributed by atoms with Crippen LogP contribution in [0.25, 0.3) is 0 Å². The summed E-state index contributed by atoms with van der Waals surface area (Å²) in [6.07, 6.45) is 4.37. The molecule has 3 rings (SSSR count). The molecule has 2 heteroatoms. The van der Waals surface area contributed by atoms with Crippen LogP contribution in [-0.4, -0.2) is 12.4 Å². The summed E-state index contributed by atoms with van der Waals surface area (Å²) >= 11 is 0. The van der Waals surface area contributed by atoms with E-state index in [2.05, 4.69) is 13.0 Å². The molecule has 78 valence electrons. The number of fused-ring (bicyclic) bond motifs is 1. The Kier molecular flexibility index (Phi) is 1.70. The van der Waals surface area contributed by atoms with E-state index in [-0.39, 0.29) is 11.5 Å². The van der Waals surface area contributed by atoms with Gasteiger partial charge in [-0.2, -0.15) is 0 Å². The van der Waals surface area contributed by atoms with Crippen LogP contribution in [0.1, 0.15) is 30.9 Å². The molecule has 0 radical (unpaired) electrons. The highest BCUT2D eigenvalue weighted by Gasteiger charge is 2.44. The number of ether oxygens (including phenoxy) is 1. The number of hydrogen-bond donors (Lipinski definition) is 0. The molecule has 0 amide bonds. The van der Waals surface area contributed by atoms with Crippen LogP contribution in [0.15, 0.2) is 18.2 Å². The van der Waals surface area contributed by atoms with Crippen LogP contribution in [-0.2, 0) is 16.6 Å². The third-order valence-electron chi connectivity index (χ3n) is 3.49. The number of aldehydes is 1. The maximum Gasteiger partial charge on any atom is 0.130 e. The zero-order valence-corrected chi connectivity index (χ0v) is 8.82. The van der Waals surface area contributed by atoms with Crippen LogP contribution in [0.3, 0.4) is 0 Å². The fourth-order valence-corrected chi connectivity index (χ4v) is 2.34. The molecular weight excluding hydrogens is 188 g/mol. The zero-order valence-electron chi connectivity index (χ0n) is 8.82. The van der Waals surface area contributed by atoms with Gasteiger partial charge in [0.2, 0.25) is 0 Å². The van der Waals surface area contributed by atoms with E-state index in [1.165, 1.54) is 11.1 Å². The highest BCUT2D eigenvalue weighted by molar-refractivity contribution is 5.73. The van der Waals surface area contributed by atoms with Crippen molar-refractivity contribution in [2.45, 2.75) is 37.7 Å². The molecule has 1 aromatic carbocycles. The average Bonchev–Trinajstić information content (AvgIpc) is 2.94. The Morgan fingerprint density at radius 3 is 2.93 bits per heavy atom. The molecule has 1 unspecified atom stereocenters. The molecule has 2 aliphatic rings. The van der Waals surface area contributed by atoms with Crippen LogP contribution in [0.4, 0.5) is 0 Å². The molecule has 0 N–H and O–H groups in total. The Labute approximate surface area is 89.2 Å². The maximum atomic E-state index is 11.0. The molecule has 1 aliphatic carbocycles. The van der Waals surface area contributed by atoms with Crippen molar-refractivity contribution in [3.05, 3.63) is 29.3 Å². The fraction of sp³-hybridized carbons (Fsp3) is 0.462. The van der Waals surface area contributed by atoms with Gasteiger partial charge in [0.15, 0.2) is 0 Å². The SMILES string of the molecule is CC1Cc2cc(C3(C=O)CC3)ccc2O1. The summed E-state index contributed by atoms with van der Waals surface area (Å²) in [5, 5.41) is 0. The second-order valence-corrected chi connectivity index (χ2v) is 4.73. The van der Waals surface area contributed by atoms with Gasteiger partial charge in [-0.05, 0) is 37.0 Å². The van der Waals surface area contributed by atoms with E-state index in [0.717, 1.165) is 31.3 Å². The smallest absolute Gasteiger partial charge is 0.130 e. The lowest BCUT2D eigenvalue weighted by Crippen LogP contribution is -2.07. The molecule has 1 saturated carbocycles. The van der Waals surface area contributed by atoms with Gasteiger partial charge in [-0.25, -0.2) is 0 Å². The predicted molar refractivity (Wildman–Crippen MR) is 57.2 cm³/mol. The van der Waals surface area contributed by atoms with Crippen LogP contribution < -0.4 is 4.74 Å². The highest BCUT2D eigenvalue weighted by atomic mass is 16.5. The van der Waals surface area contributed by atoms with Gasteiger partial charge in [0.1, 0.15) is 18.1 Å². The lowest BCUT2D eigenvalue weighted by molar-refractivity contribution is -0.109. The summed E-state index contributed by atoms with van der Waals surface area (Å²) in [5.74, 6) is 0.993. The van der Waals surface area contributed by atoms with E-state index in [0.29, 0.717) is 0 Å². The van der Waals surface area contributed by atoms with Crippen LogP contribution >= 0.6 is 0 Å². The average molecular weight is 202 g/mol. The third-order valence-corrected chi connectivity index (χ3v) is 3.49. The first-order valence-corrected chi connectivity index (χ1v) is 5.50. The second kappa shape index (κ2) is 2.84. The molecule has 1 fully saturated rings. The Morgan fingerprint density at radius 1 is 1.47 bits per heavy atom. The minimum Gasteiger partial charge on any atom is -0.490 e. The van der Waals surface area contributed by atoms with E-state index < -0.39 is 0 Å². The third kappa shape index (κ3) is 1.28. The van der Waals surface area contributed by atoms with Crippen LogP contribution in [0.2, 0.25) is 0 Å². The van der Waals surface area contributed by atoms with Crippen molar-refractivity contribution in [3.63, 3.8) is 0 Å². The zero-order chi connectivity index (χ0) is 10.5. The van der Waals surface area contributed by atoms with Crippen LogP contribution in [0, 0.1) is 0 Å². The minimum absolute atomic E-state index is 0.152. The van der Waals surface area contributed by atoms with Gasteiger partial charge in [0.25, 0.3) is 0 Å². The Bertz CT molecular complexity index is 419. The van der Waals surface area contributed by atoms with Gasteiger partial charge in [0.05, 0.1) is 5.41 Å². The number of rotatable bonds is 2. The molecule has 0 spiro atoms. The van der Waals surface area contributed by atoms with E-state index in [1.54, 1.807) is 0 Å². The highest BCUT2D eigenvalue weighted by Crippen LogP contribution is 2.47. The van der Waals surface area contributed by atoms with Crippen molar-refractivity contribution in [2.24, 2.45) is 0 Å². The van der Waals surface area contributed by atoms with Crippen LogP contribution in [0.5, 0.6) is 5.75 Å². The first-order valence-electron chi connectivity index (χ1n) is 5.50. The Morgan fingerprint density at radius 2 is 2.27 bits per heavy atom. The fourth-order valence-electron chi connectivity index (χ4n) is 2.34. The first kappa shape index (κ1) is 8.96. The molecule has 1 atom stereocenters. The minimum atomic E-state index is -0.152. The maximum absolute atomic E-state index is 11.0. The number of hydrogen-bond acceptors (Lipinski definition) is 2. The summed E-state index contributed by atoms with van der Waals surface area (Å²) in [4.78, 5) is 11.0. The van der Waals surface area contributed by atoms with Crippen molar-refractivity contribution >= 4 is 6.29 Å². The summed E-state index contributed by atoms with van der Waals surface area (Å²) in [6, 6.07) is 6.20. The Hall–Kier alpha value is -1.31. The molecule has 15 heavy (non-hydrogen) atoms. The quantitative estimate of drug-likeness (QED) is 0.687. The number of benzene rings is 1. The van der Waals surface area contributed by atoms with Crippen molar-refractivity contribution in [2.75, 3.05) is 0 Å². The van der Waals surface area contributed by atoms with Gasteiger partial charge in [0, 0.05) is 6.42 Å². The van der Waals surface area contributed by atoms with Gasteiger partial charge in [-0.3, -0.25) is 0 Å². The molecule has 0 aromatic heterocycles. The molecule has 0 bridgehead atoms. The topological polar surface area (TPSA) is 26.3 Å². The molecular formula is C13H14O2. The summed E-state index contributed by atoms with van der Waals surface area (Å²) in [5.41, 5.74) is 2.28. The predicted octanol–water partition coefficient (Wildman–Crippen LogP) is 2.24. The molecule has 2 nitrogen and oxygen atoms in total. The Balaban J connectivity index is 2.00. The van der Waals surface area contributed by atoms with Crippen molar-refractivity contribution in [1.29, 1.82) is 0 Å². The molecule has 1 aliphatic heterocycles. The van der Waals surface area contributed by atoms with Crippen molar-refractivity contribution in [1.82, 2.24) is 0 Å². The van der Waals surface area contributed by atoms with Crippen molar-refractivity contribution in [3.8, 4) is 5.75 Å². The largest absolute Gasteiger partial charge is 0.490 e. The van der Waals surface area contributed by atoms with E-state index in [4.69, 9.17) is 4.74 Å². The standard InChI is InChI=1S/C13H14O2/c1-9-6-10-7-11(2-3-12(10)15-9)13(8-14)4-5-13/h2-3,7-9H,4-6H2,1H3.